The Labute approximate surface area is 129 Å². The number of aromatic nitrogens is 3. The fourth-order valence-corrected chi connectivity index (χ4v) is 2.11. The van der Waals surface area contributed by atoms with Gasteiger partial charge in [-0.1, -0.05) is 19.8 Å². The van der Waals surface area contributed by atoms with Crippen molar-refractivity contribution in [3.05, 3.63) is 0 Å². The summed E-state index contributed by atoms with van der Waals surface area (Å²) in [5.41, 5.74) is 0. The van der Waals surface area contributed by atoms with E-state index in [1.807, 2.05) is 14.0 Å². The van der Waals surface area contributed by atoms with Crippen LogP contribution in [0.3, 0.4) is 0 Å². The molecule has 0 saturated heterocycles. The van der Waals surface area contributed by atoms with Gasteiger partial charge in [-0.2, -0.15) is 15.0 Å². The number of unbranched alkanes of at least 4 members (excludes halogenated alkanes) is 2. The monoisotopic (exact) mass is 294 g/mol. The van der Waals surface area contributed by atoms with Crippen LogP contribution in [-0.2, 0) is 0 Å². The van der Waals surface area contributed by atoms with E-state index in [-0.39, 0.29) is 0 Å². The van der Waals surface area contributed by atoms with Gasteiger partial charge in [0.1, 0.15) is 0 Å². The average molecular weight is 294 g/mol. The second kappa shape index (κ2) is 9.37. The maximum Gasteiger partial charge on any atom is 0.231 e. The first-order valence-corrected chi connectivity index (χ1v) is 8.12. The number of hydrogen-bond acceptors (Lipinski definition) is 6. The maximum absolute atomic E-state index is 4.63. The predicted octanol–water partition coefficient (Wildman–Crippen LogP) is 2.78. The lowest BCUT2D eigenvalue weighted by Crippen LogP contribution is -2.28. The van der Waals surface area contributed by atoms with Gasteiger partial charge < -0.3 is 15.1 Å². The average Bonchev–Trinajstić information content (AvgIpc) is 2.49. The largest absolute Gasteiger partial charge is 0.354 e. The Bertz CT molecular complexity index is 405. The lowest BCUT2D eigenvalue weighted by atomic mass is 10.2. The van der Waals surface area contributed by atoms with Crippen LogP contribution in [0, 0.1) is 0 Å². The molecule has 0 radical (unpaired) electrons. The molecule has 0 fully saturated rings. The standard InChI is InChI=1S/C15H30N6/c1-6-10-11-12-20(5)14-17-13(16-7-2)18-15(19-14)21(8-3)9-4/h6-12H2,1-5H3,(H,16,17,18,19). The van der Waals surface area contributed by atoms with E-state index in [1.165, 1.54) is 12.8 Å². The summed E-state index contributed by atoms with van der Waals surface area (Å²) >= 11 is 0. The second-order valence-corrected chi connectivity index (χ2v) is 5.09. The van der Waals surface area contributed by atoms with Gasteiger partial charge in [-0.3, -0.25) is 0 Å². The molecule has 0 spiro atoms. The summed E-state index contributed by atoms with van der Waals surface area (Å²) in [5.74, 6) is 2.16. The van der Waals surface area contributed by atoms with Crippen LogP contribution in [0.5, 0.6) is 0 Å². The lowest BCUT2D eigenvalue weighted by molar-refractivity contribution is 0.693. The van der Waals surface area contributed by atoms with Crippen molar-refractivity contribution in [2.24, 2.45) is 0 Å². The highest BCUT2D eigenvalue weighted by atomic mass is 15.4. The van der Waals surface area contributed by atoms with Gasteiger partial charge in [0.15, 0.2) is 0 Å². The quantitative estimate of drug-likeness (QED) is 0.670. The van der Waals surface area contributed by atoms with Gasteiger partial charge in [-0.05, 0) is 27.2 Å². The molecule has 0 amide bonds. The van der Waals surface area contributed by atoms with E-state index < -0.39 is 0 Å². The Morgan fingerprint density at radius 2 is 1.57 bits per heavy atom. The highest BCUT2D eigenvalue weighted by molar-refractivity contribution is 5.44. The maximum atomic E-state index is 4.63. The molecule has 6 nitrogen and oxygen atoms in total. The molecule has 1 rings (SSSR count). The summed E-state index contributed by atoms with van der Waals surface area (Å²) in [6.07, 6.45) is 3.62. The molecular formula is C15H30N6. The smallest absolute Gasteiger partial charge is 0.231 e. The first-order chi connectivity index (χ1) is 10.2. The third-order valence-corrected chi connectivity index (χ3v) is 3.43. The number of nitrogens with one attached hydrogen (secondary N) is 1. The molecule has 21 heavy (non-hydrogen) atoms. The minimum absolute atomic E-state index is 0.659. The fraction of sp³-hybridized carbons (Fsp3) is 0.800. The molecule has 0 aliphatic carbocycles. The van der Waals surface area contributed by atoms with Gasteiger partial charge in [0.25, 0.3) is 0 Å². The third kappa shape index (κ3) is 5.36. The lowest BCUT2D eigenvalue weighted by Gasteiger charge is -2.22. The van der Waals surface area contributed by atoms with Gasteiger partial charge in [-0.15, -0.1) is 0 Å². The number of rotatable bonds is 10. The van der Waals surface area contributed by atoms with Crippen LogP contribution in [0.1, 0.15) is 47.0 Å². The van der Waals surface area contributed by atoms with Crippen molar-refractivity contribution in [3.8, 4) is 0 Å². The zero-order chi connectivity index (χ0) is 15.7. The van der Waals surface area contributed by atoms with Crippen LogP contribution < -0.4 is 15.1 Å². The molecule has 6 heteroatoms. The number of anilines is 3. The van der Waals surface area contributed by atoms with E-state index >= 15 is 0 Å². The molecule has 0 aromatic carbocycles. The Morgan fingerprint density at radius 3 is 2.14 bits per heavy atom. The van der Waals surface area contributed by atoms with Gasteiger partial charge in [0.2, 0.25) is 17.8 Å². The Kier molecular flexibility index (Phi) is 7.79. The molecule has 0 bridgehead atoms. The van der Waals surface area contributed by atoms with E-state index in [9.17, 15) is 0 Å². The zero-order valence-electron chi connectivity index (χ0n) is 14.2. The molecule has 0 atom stereocenters. The molecule has 0 aliphatic rings. The first kappa shape index (κ1) is 17.5. The summed E-state index contributed by atoms with van der Waals surface area (Å²) in [6, 6.07) is 0. The Morgan fingerprint density at radius 1 is 0.905 bits per heavy atom. The van der Waals surface area contributed by atoms with Gasteiger partial charge in [-0.25, -0.2) is 0 Å². The van der Waals surface area contributed by atoms with Crippen molar-refractivity contribution in [1.29, 1.82) is 0 Å². The highest BCUT2D eigenvalue weighted by Crippen LogP contribution is 2.16. The van der Waals surface area contributed by atoms with Crippen LogP contribution in [0.2, 0.25) is 0 Å². The minimum atomic E-state index is 0.659. The summed E-state index contributed by atoms with van der Waals surface area (Å²) < 4.78 is 0. The van der Waals surface area contributed by atoms with Crippen LogP contribution in [0.4, 0.5) is 17.8 Å². The van der Waals surface area contributed by atoms with Gasteiger partial charge >= 0.3 is 0 Å². The Balaban J connectivity index is 2.95. The predicted molar refractivity (Wildman–Crippen MR) is 90.3 cm³/mol. The molecule has 1 N–H and O–H groups in total. The molecule has 1 heterocycles. The molecule has 1 aromatic rings. The number of hydrogen-bond donors (Lipinski definition) is 1. The zero-order valence-corrected chi connectivity index (χ0v) is 14.2. The van der Waals surface area contributed by atoms with E-state index in [0.717, 1.165) is 44.5 Å². The van der Waals surface area contributed by atoms with Crippen LogP contribution in [0.15, 0.2) is 0 Å². The molecule has 1 aromatic heterocycles. The fourth-order valence-electron chi connectivity index (χ4n) is 2.11. The Hall–Kier alpha value is -1.59. The van der Waals surface area contributed by atoms with Crippen molar-refractivity contribution in [2.45, 2.75) is 47.0 Å². The van der Waals surface area contributed by atoms with E-state index in [4.69, 9.17) is 0 Å². The molecular weight excluding hydrogens is 264 g/mol. The summed E-state index contributed by atoms with van der Waals surface area (Å²) in [7, 11) is 2.05. The highest BCUT2D eigenvalue weighted by Gasteiger charge is 2.13. The van der Waals surface area contributed by atoms with Gasteiger partial charge in [0.05, 0.1) is 0 Å². The molecule has 0 saturated carbocycles. The van der Waals surface area contributed by atoms with E-state index in [1.54, 1.807) is 0 Å². The van der Waals surface area contributed by atoms with Crippen molar-refractivity contribution in [1.82, 2.24) is 15.0 Å². The SMILES string of the molecule is CCCCCN(C)c1nc(NCC)nc(N(CC)CC)n1. The van der Waals surface area contributed by atoms with Crippen molar-refractivity contribution in [3.63, 3.8) is 0 Å². The minimum Gasteiger partial charge on any atom is -0.354 e. The summed E-state index contributed by atoms with van der Waals surface area (Å²) in [5, 5.41) is 3.20. The summed E-state index contributed by atoms with van der Waals surface area (Å²) in [6.45, 7) is 12.1. The summed E-state index contributed by atoms with van der Waals surface area (Å²) in [4.78, 5) is 17.9. The number of nitrogens with zero attached hydrogens (tertiary/aromatic N) is 5. The van der Waals surface area contributed by atoms with Crippen LogP contribution in [0.25, 0.3) is 0 Å². The second-order valence-electron chi connectivity index (χ2n) is 5.09. The van der Waals surface area contributed by atoms with Gasteiger partial charge in [0, 0.05) is 33.2 Å². The first-order valence-electron chi connectivity index (χ1n) is 8.12. The molecule has 0 aliphatic heterocycles. The van der Waals surface area contributed by atoms with Crippen LogP contribution in [-0.4, -0.2) is 48.2 Å². The molecule has 120 valence electrons. The van der Waals surface area contributed by atoms with Crippen molar-refractivity contribution >= 4 is 17.8 Å². The third-order valence-electron chi connectivity index (χ3n) is 3.43. The van der Waals surface area contributed by atoms with Crippen LogP contribution >= 0.6 is 0 Å². The topological polar surface area (TPSA) is 57.2 Å². The van der Waals surface area contributed by atoms with Crippen molar-refractivity contribution < 1.29 is 0 Å². The normalized spacial score (nSPS) is 10.5. The van der Waals surface area contributed by atoms with E-state index in [0.29, 0.717) is 5.95 Å². The van der Waals surface area contributed by atoms with E-state index in [2.05, 4.69) is 50.8 Å². The molecule has 0 unspecified atom stereocenters. The van der Waals surface area contributed by atoms with Crippen molar-refractivity contribution in [2.75, 3.05) is 48.3 Å².